The summed E-state index contributed by atoms with van der Waals surface area (Å²) in [7, 11) is 3.83. The van der Waals surface area contributed by atoms with Crippen molar-refractivity contribution in [3.05, 3.63) is 24.2 Å². The van der Waals surface area contributed by atoms with Crippen LogP contribution < -0.4 is 5.32 Å². The van der Waals surface area contributed by atoms with Crippen LogP contribution in [0.5, 0.6) is 0 Å². The van der Waals surface area contributed by atoms with Crippen molar-refractivity contribution in [1.82, 2.24) is 10.2 Å². The number of nitrogens with one attached hydrogen (secondary N) is 1. The van der Waals surface area contributed by atoms with E-state index in [1.54, 1.807) is 19.6 Å². The van der Waals surface area contributed by atoms with Gasteiger partial charge in [-0.2, -0.15) is 0 Å². The molecule has 92 valence electrons. The Bertz CT molecular complexity index is 262. The number of rotatable bonds is 8. The van der Waals surface area contributed by atoms with E-state index in [0.29, 0.717) is 6.04 Å². The van der Waals surface area contributed by atoms with Gasteiger partial charge < -0.3 is 19.4 Å². The fraction of sp³-hybridized carbons (Fsp3) is 0.667. The summed E-state index contributed by atoms with van der Waals surface area (Å²) < 4.78 is 10.1. The van der Waals surface area contributed by atoms with Gasteiger partial charge in [-0.05, 0) is 20.0 Å². The maximum absolute atomic E-state index is 5.06. The van der Waals surface area contributed by atoms with Gasteiger partial charge in [-0.3, -0.25) is 0 Å². The van der Waals surface area contributed by atoms with E-state index in [9.17, 15) is 0 Å². The van der Waals surface area contributed by atoms with Gasteiger partial charge in [0.1, 0.15) is 0 Å². The minimum Gasteiger partial charge on any atom is -0.472 e. The average molecular weight is 226 g/mol. The lowest BCUT2D eigenvalue weighted by Crippen LogP contribution is -2.36. The van der Waals surface area contributed by atoms with Crippen molar-refractivity contribution in [1.29, 1.82) is 0 Å². The molecule has 16 heavy (non-hydrogen) atoms. The van der Waals surface area contributed by atoms with Crippen molar-refractivity contribution in [3.8, 4) is 0 Å². The molecule has 0 amide bonds. The fourth-order valence-electron chi connectivity index (χ4n) is 1.58. The van der Waals surface area contributed by atoms with E-state index in [1.807, 2.05) is 6.07 Å². The van der Waals surface area contributed by atoms with Gasteiger partial charge in [-0.15, -0.1) is 0 Å². The average Bonchev–Trinajstić information content (AvgIpc) is 2.70. The Morgan fingerprint density at radius 3 is 3.00 bits per heavy atom. The Hall–Kier alpha value is -0.840. The molecule has 1 aromatic heterocycles. The molecule has 1 atom stereocenters. The highest BCUT2D eigenvalue weighted by atomic mass is 16.5. The third kappa shape index (κ3) is 5.30. The predicted molar refractivity (Wildman–Crippen MR) is 64.4 cm³/mol. The smallest absolute Gasteiger partial charge is 0.0947 e. The van der Waals surface area contributed by atoms with Crippen LogP contribution in [0.25, 0.3) is 0 Å². The van der Waals surface area contributed by atoms with Crippen molar-refractivity contribution in [3.63, 3.8) is 0 Å². The first-order valence-corrected chi connectivity index (χ1v) is 5.64. The van der Waals surface area contributed by atoms with Crippen LogP contribution >= 0.6 is 0 Å². The molecule has 0 saturated carbocycles. The van der Waals surface area contributed by atoms with Gasteiger partial charge in [-0.1, -0.05) is 0 Å². The van der Waals surface area contributed by atoms with Crippen LogP contribution in [0.15, 0.2) is 23.0 Å². The first-order chi connectivity index (χ1) is 7.72. The summed E-state index contributed by atoms with van der Waals surface area (Å²) in [4.78, 5) is 2.26. The largest absolute Gasteiger partial charge is 0.472 e. The zero-order chi connectivity index (χ0) is 11.8. The third-order valence-electron chi connectivity index (χ3n) is 2.44. The zero-order valence-electron chi connectivity index (χ0n) is 10.4. The van der Waals surface area contributed by atoms with Crippen LogP contribution in [0.4, 0.5) is 0 Å². The minimum atomic E-state index is 0.410. The second-order valence-electron chi connectivity index (χ2n) is 4.18. The molecule has 1 N–H and O–H groups in total. The number of ether oxygens (including phenoxy) is 1. The molecule has 4 heteroatoms. The van der Waals surface area contributed by atoms with Crippen LogP contribution in [0.3, 0.4) is 0 Å². The van der Waals surface area contributed by atoms with Crippen LogP contribution in [-0.2, 0) is 11.3 Å². The van der Waals surface area contributed by atoms with Crippen molar-refractivity contribution in [2.24, 2.45) is 0 Å². The monoisotopic (exact) mass is 226 g/mol. The summed E-state index contributed by atoms with van der Waals surface area (Å²) in [5.41, 5.74) is 1.22. The van der Waals surface area contributed by atoms with Gasteiger partial charge in [0, 0.05) is 38.3 Å². The summed E-state index contributed by atoms with van der Waals surface area (Å²) in [6, 6.07) is 2.41. The van der Waals surface area contributed by atoms with Gasteiger partial charge in [0.25, 0.3) is 0 Å². The van der Waals surface area contributed by atoms with E-state index in [1.165, 1.54) is 5.56 Å². The van der Waals surface area contributed by atoms with Gasteiger partial charge in [0.05, 0.1) is 19.1 Å². The number of methoxy groups -OCH3 is 1. The summed E-state index contributed by atoms with van der Waals surface area (Å²) in [6.07, 6.45) is 3.50. The molecule has 0 aliphatic rings. The first kappa shape index (κ1) is 13.2. The lowest BCUT2D eigenvalue weighted by molar-refractivity contribution is 0.170. The van der Waals surface area contributed by atoms with E-state index in [-0.39, 0.29) is 0 Å². The number of likely N-dealkylation sites (N-methyl/N-ethyl adjacent to an activating group) is 1. The lowest BCUT2D eigenvalue weighted by atomic mass is 10.3. The van der Waals surface area contributed by atoms with E-state index in [0.717, 1.165) is 26.2 Å². The molecule has 0 aromatic carbocycles. The second kappa shape index (κ2) is 7.44. The minimum absolute atomic E-state index is 0.410. The van der Waals surface area contributed by atoms with Crippen molar-refractivity contribution in [2.45, 2.75) is 19.5 Å². The van der Waals surface area contributed by atoms with Gasteiger partial charge in [0.2, 0.25) is 0 Å². The normalized spacial score (nSPS) is 13.2. The molecule has 0 spiro atoms. The molecule has 0 fully saturated rings. The Morgan fingerprint density at radius 2 is 2.38 bits per heavy atom. The molecule has 1 heterocycles. The molecule has 0 radical (unpaired) electrons. The maximum Gasteiger partial charge on any atom is 0.0947 e. The summed E-state index contributed by atoms with van der Waals surface area (Å²) in [5.74, 6) is 0. The number of hydrogen-bond acceptors (Lipinski definition) is 4. The number of hydrogen-bond donors (Lipinski definition) is 1. The molecule has 0 aliphatic carbocycles. The molecule has 1 rings (SSSR count). The summed E-state index contributed by atoms with van der Waals surface area (Å²) >= 11 is 0. The standard InChI is InChI=1S/C12H22N2O2/c1-11(9-15-3)13-5-6-14(2)8-12-4-7-16-10-12/h4,7,10-11,13H,5-6,8-9H2,1-3H3. The Labute approximate surface area is 97.6 Å². The molecule has 1 aromatic rings. The second-order valence-corrected chi connectivity index (χ2v) is 4.18. The molecule has 0 aliphatic heterocycles. The van der Waals surface area contributed by atoms with Gasteiger partial charge >= 0.3 is 0 Å². The molecular weight excluding hydrogens is 204 g/mol. The quantitative estimate of drug-likeness (QED) is 0.726. The van der Waals surface area contributed by atoms with Crippen molar-refractivity contribution >= 4 is 0 Å². The van der Waals surface area contributed by atoms with E-state index < -0.39 is 0 Å². The van der Waals surface area contributed by atoms with E-state index >= 15 is 0 Å². The number of furan rings is 1. The predicted octanol–water partition coefficient (Wildman–Crippen LogP) is 1.34. The molecular formula is C12H22N2O2. The van der Waals surface area contributed by atoms with Crippen LogP contribution in [-0.4, -0.2) is 44.8 Å². The Kier molecular flexibility index (Phi) is 6.15. The Morgan fingerprint density at radius 1 is 1.56 bits per heavy atom. The third-order valence-corrected chi connectivity index (χ3v) is 2.44. The molecule has 1 unspecified atom stereocenters. The van der Waals surface area contributed by atoms with E-state index in [4.69, 9.17) is 9.15 Å². The fourth-order valence-corrected chi connectivity index (χ4v) is 1.58. The summed E-state index contributed by atoms with van der Waals surface area (Å²) in [5, 5.41) is 3.40. The van der Waals surface area contributed by atoms with Gasteiger partial charge in [-0.25, -0.2) is 0 Å². The van der Waals surface area contributed by atoms with Crippen LogP contribution in [0.2, 0.25) is 0 Å². The molecule has 0 saturated heterocycles. The highest BCUT2D eigenvalue weighted by molar-refractivity contribution is 5.04. The molecule has 4 nitrogen and oxygen atoms in total. The molecule has 0 bridgehead atoms. The van der Waals surface area contributed by atoms with Crippen LogP contribution in [0.1, 0.15) is 12.5 Å². The van der Waals surface area contributed by atoms with E-state index in [2.05, 4.69) is 24.2 Å². The Balaban J connectivity index is 2.08. The van der Waals surface area contributed by atoms with Crippen molar-refractivity contribution < 1.29 is 9.15 Å². The zero-order valence-corrected chi connectivity index (χ0v) is 10.4. The number of nitrogens with zero attached hydrogens (tertiary/aromatic N) is 1. The highest BCUT2D eigenvalue weighted by Crippen LogP contribution is 2.02. The summed E-state index contributed by atoms with van der Waals surface area (Å²) in [6.45, 7) is 5.79. The topological polar surface area (TPSA) is 37.6 Å². The lowest BCUT2D eigenvalue weighted by Gasteiger charge is -2.18. The SMILES string of the molecule is COCC(C)NCCN(C)Cc1ccoc1. The van der Waals surface area contributed by atoms with Crippen molar-refractivity contribution in [2.75, 3.05) is 33.9 Å². The highest BCUT2D eigenvalue weighted by Gasteiger charge is 2.03. The first-order valence-electron chi connectivity index (χ1n) is 5.64. The maximum atomic E-state index is 5.06. The van der Waals surface area contributed by atoms with Gasteiger partial charge in [0.15, 0.2) is 0 Å². The van der Waals surface area contributed by atoms with Crippen LogP contribution in [0, 0.1) is 0 Å².